The number of ether oxygens (including phenoxy) is 1. The van der Waals surface area contributed by atoms with Crippen molar-refractivity contribution in [3.63, 3.8) is 0 Å². The van der Waals surface area contributed by atoms with Crippen molar-refractivity contribution < 1.29 is 14.3 Å². The van der Waals surface area contributed by atoms with Crippen LogP contribution in [-0.2, 0) is 16.1 Å². The van der Waals surface area contributed by atoms with Crippen LogP contribution in [0.25, 0.3) is 0 Å². The predicted molar refractivity (Wildman–Crippen MR) is 89.9 cm³/mol. The highest BCUT2D eigenvalue weighted by atomic mass is 35.5. The van der Waals surface area contributed by atoms with E-state index in [1.54, 1.807) is 48.7 Å². The Labute approximate surface area is 140 Å². The van der Waals surface area contributed by atoms with E-state index in [4.69, 9.17) is 16.3 Å². The van der Waals surface area contributed by atoms with Gasteiger partial charge in [0, 0.05) is 22.1 Å². The Morgan fingerprint density at radius 3 is 2.65 bits per heavy atom. The van der Waals surface area contributed by atoms with Crippen LogP contribution < -0.4 is 5.32 Å². The Hall–Kier alpha value is -2.27. The van der Waals surface area contributed by atoms with Crippen molar-refractivity contribution in [3.8, 4) is 0 Å². The summed E-state index contributed by atoms with van der Waals surface area (Å²) in [5, 5.41) is 3.35. The van der Waals surface area contributed by atoms with E-state index >= 15 is 0 Å². The second kappa shape index (κ2) is 7.33. The van der Waals surface area contributed by atoms with Crippen LogP contribution in [0.2, 0.25) is 5.02 Å². The molecule has 2 aromatic rings. The third-order valence-corrected chi connectivity index (χ3v) is 3.71. The summed E-state index contributed by atoms with van der Waals surface area (Å²) in [6.45, 7) is 5.84. The molecule has 0 aliphatic heterocycles. The standard InChI is InChI=1S/C17H19ClN2O3/c1-4-23-17(22)15-8-11(2)20(12(15)3)10-16(21)19-14-7-5-6-13(18)9-14/h5-9H,4,10H2,1-3H3,(H,19,21). The smallest absolute Gasteiger partial charge is 0.339 e. The predicted octanol–water partition coefficient (Wildman–Crippen LogP) is 3.57. The number of halogens is 1. The lowest BCUT2D eigenvalue weighted by Gasteiger charge is -2.10. The van der Waals surface area contributed by atoms with Gasteiger partial charge in [0.15, 0.2) is 0 Å². The fourth-order valence-electron chi connectivity index (χ4n) is 2.37. The number of hydrogen-bond acceptors (Lipinski definition) is 3. The first-order valence-corrected chi connectivity index (χ1v) is 7.69. The van der Waals surface area contributed by atoms with E-state index in [0.29, 0.717) is 28.6 Å². The molecule has 0 atom stereocenters. The fourth-order valence-corrected chi connectivity index (χ4v) is 2.56. The average molecular weight is 335 g/mol. The summed E-state index contributed by atoms with van der Waals surface area (Å²) in [6.07, 6.45) is 0. The number of aryl methyl sites for hydroxylation is 1. The van der Waals surface area contributed by atoms with Gasteiger partial charge in [-0.3, -0.25) is 4.79 Å². The number of carbonyl (C=O) groups is 2. The van der Waals surface area contributed by atoms with Crippen molar-refractivity contribution in [2.75, 3.05) is 11.9 Å². The maximum Gasteiger partial charge on any atom is 0.339 e. The third kappa shape index (κ3) is 4.13. The number of benzene rings is 1. The molecule has 122 valence electrons. The molecule has 2 rings (SSSR count). The van der Waals surface area contributed by atoms with Gasteiger partial charge < -0.3 is 14.6 Å². The molecular weight excluding hydrogens is 316 g/mol. The number of amides is 1. The molecule has 1 amide bonds. The van der Waals surface area contributed by atoms with Crippen molar-refractivity contribution in [2.24, 2.45) is 0 Å². The van der Waals surface area contributed by atoms with Gasteiger partial charge in [0.05, 0.1) is 12.2 Å². The van der Waals surface area contributed by atoms with E-state index in [-0.39, 0.29) is 18.4 Å². The van der Waals surface area contributed by atoms with E-state index in [0.717, 1.165) is 5.69 Å². The van der Waals surface area contributed by atoms with Gasteiger partial charge in [-0.2, -0.15) is 0 Å². The number of nitrogens with one attached hydrogen (secondary N) is 1. The van der Waals surface area contributed by atoms with E-state index < -0.39 is 0 Å². The summed E-state index contributed by atoms with van der Waals surface area (Å²) >= 11 is 5.90. The second-order valence-corrected chi connectivity index (χ2v) is 5.59. The SMILES string of the molecule is CCOC(=O)c1cc(C)n(CC(=O)Nc2cccc(Cl)c2)c1C. The largest absolute Gasteiger partial charge is 0.462 e. The van der Waals surface area contributed by atoms with E-state index in [1.165, 1.54) is 0 Å². The first kappa shape index (κ1) is 17.1. The topological polar surface area (TPSA) is 60.3 Å². The molecule has 0 spiro atoms. The van der Waals surface area contributed by atoms with Crippen molar-refractivity contribution in [3.05, 3.63) is 52.3 Å². The normalized spacial score (nSPS) is 10.4. The Kier molecular flexibility index (Phi) is 5.45. The molecule has 1 aromatic heterocycles. The molecular formula is C17H19ClN2O3. The highest BCUT2D eigenvalue weighted by molar-refractivity contribution is 6.30. The quantitative estimate of drug-likeness (QED) is 0.850. The summed E-state index contributed by atoms with van der Waals surface area (Å²) in [6, 6.07) is 8.69. The summed E-state index contributed by atoms with van der Waals surface area (Å²) in [5.41, 5.74) is 2.66. The van der Waals surface area contributed by atoms with Gasteiger partial charge >= 0.3 is 5.97 Å². The number of aromatic nitrogens is 1. The minimum atomic E-state index is -0.373. The maximum atomic E-state index is 12.2. The number of anilines is 1. The zero-order valence-corrected chi connectivity index (χ0v) is 14.1. The highest BCUT2D eigenvalue weighted by Gasteiger charge is 2.18. The Morgan fingerprint density at radius 1 is 1.26 bits per heavy atom. The van der Waals surface area contributed by atoms with Gasteiger partial charge in [-0.15, -0.1) is 0 Å². The molecule has 6 heteroatoms. The Morgan fingerprint density at radius 2 is 2.00 bits per heavy atom. The van der Waals surface area contributed by atoms with Crippen LogP contribution in [0, 0.1) is 13.8 Å². The monoisotopic (exact) mass is 334 g/mol. The summed E-state index contributed by atoms with van der Waals surface area (Å²) in [5.74, 6) is -0.563. The number of nitrogens with zero attached hydrogens (tertiary/aromatic N) is 1. The van der Waals surface area contributed by atoms with Crippen LogP contribution in [0.4, 0.5) is 5.69 Å². The molecule has 1 heterocycles. The van der Waals surface area contributed by atoms with E-state index in [9.17, 15) is 9.59 Å². The van der Waals surface area contributed by atoms with Gasteiger partial charge in [-0.05, 0) is 45.0 Å². The summed E-state index contributed by atoms with van der Waals surface area (Å²) in [7, 11) is 0. The van der Waals surface area contributed by atoms with Crippen LogP contribution in [-0.4, -0.2) is 23.1 Å². The van der Waals surface area contributed by atoms with E-state index in [1.807, 2.05) is 6.92 Å². The minimum Gasteiger partial charge on any atom is -0.462 e. The number of rotatable bonds is 5. The summed E-state index contributed by atoms with van der Waals surface area (Å²) < 4.78 is 6.81. The van der Waals surface area contributed by atoms with Crippen molar-refractivity contribution >= 4 is 29.2 Å². The van der Waals surface area contributed by atoms with Gasteiger partial charge in [0.2, 0.25) is 5.91 Å². The molecule has 1 aromatic carbocycles. The third-order valence-electron chi connectivity index (χ3n) is 3.48. The van der Waals surface area contributed by atoms with Gasteiger partial charge in [-0.1, -0.05) is 17.7 Å². The average Bonchev–Trinajstić information content (AvgIpc) is 2.75. The second-order valence-electron chi connectivity index (χ2n) is 5.15. The molecule has 0 saturated carbocycles. The first-order valence-electron chi connectivity index (χ1n) is 7.31. The molecule has 0 aliphatic rings. The number of esters is 1. The molecule has 0 radical (unpaired) electrons. The van der Waals surface area contributed by atoms with Crippen molar-refractivity contribution in [2.45, 2.75) is 27.3 Å². The molecule has 1 N–H and O–H groups in total. The van der Waals surface area contributed by atoms with Crippen LogP contribution in [0.5, 0.6) is 0 Å². The Balaban J connectivity index is 2.13. The van der Waals surface area contributed by atoms with Crippen LogP contribution in [0.15, 0.2) is 30.3 Å². The Bertz CT molecular complexity index is 737. The highest BCUT2D eigenvalue weighted by Crippen LogP contribution is 2.18. The van der Waals surface area contributed by atoms with Crippen LogP contribution >= 0.6 is 11.6 Å². The van der Waals surface area contributed by atoms with Crippen LogP contribution in [0.1, 0.15) is 28.7 Å². The van der Waals surface area contributed by atoms with Crippen molar-refractivity contribution in [1.29, 1.82) is 0 Å². The lowest BCUT2D eigenvalue weighted by atomic mass is 10.2. The van der Waals surface area contributed by atoms with Gasteiger partial charge in [0.25, 0.3) is 0 Å². The van der Waals surface area contributed by atoms with Gasteiger partial charge in [0.1, 0.15) is 6.54 Å². The first-order chi connectivity index (χ1) is 10.9. The number of hydrogen-bond donors (Lipinski definition) is 1. The molecule has 0 bridgehead atoms. The van der Waals surface area contributed by atoms with Gasteiger partial charge in [-0.25, -0.2) is 4.79 Å². The fraction of sp³-hybridized carbons (Fsp3) is 0.294. The minimum absolute atomic E-state index is 0.115. The maximum absolute atomic E-state index is 12.2. The molecule has 0 aliphatic carbocycles. The molecule has 0 fully saturated rings. The van der Waals surface area contributed by atoms with Crippen LogP contribution in [0.3, 0.4) is 0 Å². The number of carbonyl (C=O) groups excluding carboxylic acids is 2. The zero-order chi connectivity index (χ0) is 17.0. The van der Waals surface area contributed by atoms with E-state index in [2.05, 4.69) is 5.32 Å². The molecule has 5 nitrogen and oxygen atoms in total. The molecule has 0 unspecified atom stereocenters. The van der Waals surface area contributed by atoms with Crippen molar-refractivity contribution in [1.82, 2.24) is 4.57 Å². The summed E-state index contributed by atoms with van der Waals surface area (Å²) in [4.78, 5) is 24.1. The lowest BCUT2D eigenvalue weighted by molar-refractivity contribution is -0.116. The molecule has 23 heavy (non-hydrogen) atoms. The lowest BCUT2D eigenvalue weighted by Crippen LogP contribution is -2.20. The molecule has 0 saturated heterocycles. The zero-order valence-electron chi connectivity index (χ0n) is 13.4.